The molecule has 0 aromatic heterocycles. The Hall–Kier alpha value is -1.04. The molecule has 1 aliphatic heterocycles. The Balaban J connectivity index is 3.86. The van der Waals surface area contributed by atoms with Gasteiger partial charge in [0, 0.05) is 0 Å². The minimum atomic E-state index is -3.37. The van der Waals surface area contributed by atoms with Crippen LogP contribution in [-0.2, 0) is 23.9 Å². The molecule has 1 heterocycles. The molecular weight excluding hydrogens is 392 g/mol. The molecular formula is C14H19BrO9. The van der Waals surface area contributed by atoms with Crippen molar-refractivity contribution in [1.29, 1.82) is 0 Å². The SMILES string of the molecule is CC(=O)C(O)[C@H]1OC(Br)[C@@](O)(C(C)=O)[C@](O)(C(C)=O)[C@]1(O)C(C)=O. The summed E-state index contributed by atoms with van der Waals surface area (Å²) < 4.78 is 5.10. The summed E-state index contributed by atoms with van der Waals surface area (Å²) in [6.45, 7) is 3.24. The maximum Gasteiger partial charge on any atom is 0.200 e. The number of hydrogen-bond acceptors (Lipinski definition) is 9. The highest BCUT2D eigenvalue weighted by atomic mass is 79.9. The molecule has 1 aliphatic rings. The zero-order chi connectivity index (χ0) is 19.2. The molecule has 0 aliphatic carbocycles. The lowest BCUT2D eigenvalue weighted by molar-refractivity contribution is -0.310. The zero-order valence-corrected chi connectivity index (χ0v) is 15.0. The molecule has 4 N–H and O–H groups in total. The lowest BCUT2D eigenvalue weighted by Gasteiger charge is -2.57. The largest absolute Gasteiger partial charge is 0.382 e. The van der Waals surface area contributed by atoms with Crippen LogP contribution < -0.4 is 0 Å². The Morgan fingerprint density at radius 2 is 1.33 bits per heavy atom. The Morgan fingerprint density at radius 3 is 1.62 bits per heavy atom. The summed E-state index contributed by atoms with van der Waals surface area (Å²) in [4.78, 5) is 47.6. The summed E-state index contributed by atoms with van der Waals surface area (Å²) in [5.41, 5.74) is -9.67. The summed E-state index contributed by atoms with van der Waals surface area (Å²) >= 11 is 2.76. The van der Waals surface area contributed by atoms with Crippen LogP contribution in [0.4, 0.5) is 0 Å². The van der Waals surface area contributed by atoms with Crippen molar-refractivity contribution in [3.8, 4) is 0 Å². The van der Waals surface area contributed by atoms with E-state index in [2.05, 4.69) is 15.9 Å². The summed E-state index contributed by atoms with van der Waals surface area (Å²) in [5.74, 6) is -4.73. The van der Waals surface area contributed by atoms with Crippen molar-refractivity contribution in [2.24, 2.45) is 0 Å². The quantitative estimate of drug-likeness (QED) is 0.376. The van der Waals surface area contributed by atoms with E-state index in [9.17, 15) is 39.6 Å². The van der Waals surface area contributed by atoms with Gasteiger partial charge in [-0.3, -0.25) is 19.2 Å². The van der Waals surface area contributed by atoms with E-state index in [1.54, 1.807) is 0 Å². The molecule has 10 heteroatoms. The number of halogens is 1. The number of hydrogen-bond donors (Lipinski definition) is 4. The lowest BCUT2D eigenvalue weighted by Crippen LogP contribution is -2.86. The van der Waals surface area contributed by atoms with E-state index in [1.807, 2.05) is 0 Å². The highest BCUT2D eigenvalue weighted by molar-refractivity contribution is 9.09. The van der Waals surface area contributed by atoms with Gasteiger partial charge in [0.2, 0.25) is 5.60 Å². The summed E-state index contributed by atoms with van der Waals surface area (Å²) in [7, 11) is 0. The Kier molecular flexibility index (Phi) is 5.56. The number of aliphatic hydroxyl groups is 4. The van der Waals surface area contributed by atoms with Crippen molar-refractivity contribution in [3.63, 3.8) is 0 Å². The lowest BCUT2D eigenvalue weighted by atomic mass is 9.60. The van der Waals surface area contributed by atoms with E-state index < -0.39 is 57.2 Å². The Bertz CT molecular complexity index is 605. The number of carbonyl (C=O) groups excluding carboxylic acids is 4. The fourth-order valence-electron chi connectivity index (χ4n) is 2.91. The van der Waals surface area contributed by atoms with E-state index in [0.717, 1.165) is 27.7 Å². The van der Waals surface area contributed by atoms with Gasteiger partial charge in [0.05, 0.1) is 0 Å². The van der Waals surface area contributed by atoms with Crippen LogP contribution in [-0.4, -0.2) is 77.6 Å². The summed E-state index contributed by atoms with van der Waals surface area (Å²) in [6.07, 6.45) is -4.22. The van der Waals surface area contributed by atoms with Crippen molar-refractivity contribution in [2.75, 3.05) is 0 Å². The third kappa shape index (κ3) is 2.40. The maximum atomic E-state index is 12.1. The zero-order valence-electron chi connectivity index (χ0n) is 13.4. The average molecular weight is 411 g/mol. The highest BCUT2D eigenvalue weighted by Crippen LogP contribution is 2.48. The minimum Gasteiger partial charge on any atom is -0.382 e. The topological polar surface area (TPSA) is 158 Å². The van der Waals surface area contributed by atoms with Crippen molar-refractivity contribution < 1.29 is 44.3 Å². The number of ether oxygens (including phenoxy) is 1. The molecule has 2 unspecified atom stereocenters. The second-order valence-electron chi connectivity index (χ2n) is 5.84. The Labute approximate surface area is 145 Å². The van der Waals surface area contributed by atoms with E-state index in [-0.39, 0.29) is 0 Å². The van der Waals surface area contributed by atoms with Gasteiger partial charge in [0.15, 0.2) is 39.3 Å². The van der Waals surface area contributed by atoms with Crippen LogP contribution in [0.2, 0.25) is 0 Å². The first-order valence-corrected chi connectivity index (χ1v) is 7.80. The second kappa shape index (κ2) is 6.36. The molecule has 1 rings (SSSR count). The van der Waals surface area contributed by atoms with Gasteiger partial charge in [-0.05, 0) is 27.7 Å². The van der Waals surface area contributed by atoms with Crippen molar-refractivity contribution in [1.82, 2.24) is 0 Å². The molecule has 0 spiro atoms. The minimum absolute atomic E-state index is 0.740. The van der Waals surface area contributed by atoms with Gasteiger partial charge in [-0.25, -0.2) is 0 Å². The van der Waals surface area contributed by atoms with Crippen LogP contribution >= 0.6 is 15.9 Å². The van der Waals surface area contributed by atoms with Crippen LogP contribution in [0, 0.1) is 0 Å². The molecule has 0 bridgehead atoms. The standard InChI is InChI=1S/C14H19BrO9/c1-5(16)9(20)10-12(21,6(2)17)14(23,8(4)19)13(22,7(3)18)11(15)24-10/h9-11,20-23H,1-4H3/t9?,10-,11?,12+,13+,14+/m1/s1. The van der Waals surface area contributed by atoms with Crippen LogP contribution in [0.5, 0.6) is 0 Å². The number of carbonyl (C=O) groups is 4. The van der Waals surface area contributed by atoms with Crippen LogP contribution in [0.3, 0.4) is 0 Å². The first kappa shape index (κ1) is 21.0. The molecule has 0 radical (unpaired) electrons. The van der Waals surface area contributed by atoms with Crippen molar-refractivity contribution >= 4 is 39.1 Å². The van der Waals surface area contributed by atoms with Crippen LogP contribution in [0.1, 0.15) is 27.7 Å². The van der Waals surface area contributed by atoms with Gasteiger partial charge < -0.3 is 25.2 Å². The molecule has 1 saturated heterocycles. The molecule has 9 nitrogen and oxygen atoms in total. The Morgan fingerprint density at radius 1 is 0.917 bits per heavy atom. The van der Waals surface area contributed by atoms with Gasteiger partial charge in [-0.15, -0.1) is 0 Å². The molecule has 6 atom stereocenters. The van der Waals surface area contributed by atoms with Gasteiger partial charge in [-0.1, -0.05) is 15.9 Å². The number of rotatable bonds is 5. The third-order valence-electron chi connectivity index (χ3n) is 4.40. The van der Waals surface area contributed by atoms with Crippen LogP contribution in [0.15, 0.2) is 0 Å². The first-order chi connectivity index (χ1) is 10.7. The van der Waals surface area contributed by atoms with Crippen molar-refractivity contribution in [3.05, 3.63) is 0 Å². The molecule has 1 fully saturated rings. The van der Waals surface area contributed by atoms with Crippen molar-refractivity contribution in [2.45, 2.75) is 61.7 Å². The van der Waals surface area contributed by atoms with E-state index in [1.165, 1.54) is 0 Å². The predicted octanol–water partition coefficient (Wildman–Crippen LogP) is -1.98. The molecule has 136 valence electrons. The van der Waals surface area contributed by atoms with Gasteiger partial charge in [0.25, 0.3) is 0 Å². The molecule has 0 aromatic rings. The molecule has 0 aromatic carbocycles. The van der Waals surface area contributed by atoms with Gasteiger partial charge in [0.1, 0.15) is 12.2 Å². The fourth-order valence-corrected chi connectivity index (χ4v) is 3.79. The maximum absolute atomic E-state index is 12.1. The second-order valence-corrected chi connectivity index (χ2v) is 6.67. The summed E-state index contributed by atoms with van der Waals surface area (Å²) in [6, 6.07) is 0. The molecule has 0 amide bonds. The fraction of sp³-hybridized carbons (Fsp3) is 0.714. The number of aliphatic hydroxyl groups excluding tert-OH is 1. The number of Topliss-reactive ketones (excluding diaryl/α,β-unsaturated/α-hetero) is 4. The smallest absolute Gasteiger partial charge is 0.200 e. The van der Waals surface area contributed by atoms with Gasteiger partial charge >= 0.3 is 0 Å². The highest BCUT2D eigenvalue weighted by Gasteiger charge is 2.78. The van der Waals surface area contributed by atoms with E-state index in [0.29, 0.717) is 0 Å². The van der Waals surface area contributed by atoms with Gasteiger partial charge in [-0.2, -0.15) is 0 Å². The average Bonchev–Trinajstić information content (AvgIpc) is 2.46. The normalized spacial score (nSPS) is 40.7. The first-order valence-electron chi connectivity index (χ1n) is 6.88. The summed E-state index contributed by atoms with van der Waals surface area (Å²) in [5, 5.41) is 40.5. The third-order valence-corrected chi connectivity index (χ3v) is 5.27. The van der Waals surface area contributed by atoms with E-state index >= 15 is 0 Å². The number of ketones is 4. The molecule has 0 saturated carbocycles. The van der Waals surface area contributed by atoms with E-state index in [4.69, 9.17) is 4.74 Å². The number of alkyl halides is 1. The predicted molar refractivity (Wildman–Crippen MR) is 81.2 cm³/mol. The molecule has 24 heavy (non-hydrogen) atoms. The van der Waals surface area contributed by atoms with Crippen LogP contribution in [0.25, 0.3) is 0 Å². The monoisotopic (exact) mass is 410 g/mol.